The second kappa shape index (κ2) is 8.26. The van der Waals surface area contributed by atoms with Crippen LogP contribution in [-0.2, 0) is 6.54 Å². The van der Waals surface area contributed by atoms with Gasteiger partial charge >= 0.3 is 0 Å². The molecule has 0 aliphatic heterocycles. The van der Waals surface area contributed by atoms with Crippen LogP contribution in [0.1, 0.15) is 31.7 Å². The van der Waals surface area contributed by atoms with Gasteiger partial charge in [0.1, 0.15) is 0 Å². The zero-order valence-corrected chi connectivity index (χ0v) is 12.2. The molecule has 0 heterocycles. The molecule has 2 aromatic rings. The van der Waals surface area contributed by atoms with E-state index in [2.05, 4.69) is 66.1 Å². The number of anilines is 2. The summed E-state index contributed by atoms with van der Waals surface area (Å²) in [5.41, 5.74) is 3.66. The summed E-state index contributed by atoms with van der Waals surface area (Å²) in [4.78, 5) is 0. The van der Waals surface area contributed by atoms with Crippen LogP contribution >= 0.6 is 0 Å². The highest BCUT2D eigenvalue weighted by atomic mass is 14.9. The van der Waals surface area contributed by atoms with Crippen molar-refractivity contribution in [3.8, 4) is 0 Å². The molecule has 0 aromatic heterocycles. The van der Waals surface area contributed by atoms with Crippen LogP contribution in [0.5, 0.6) is 0 Å². The standard InChI is InChI=1S/C18H24N2/c1-2-3-7-14-19-17-10-12-18(13-11-17)20-15-16-8-5-4-6-9-16/h4-6,8-13,19-20H,2-3,7,14-15H2,1H3. The Hall–Kier alpha value is -1.96. The topological polar surface area (TPSA) is 24.1 Å². The van der Waals surface area contributed by atoms with Gasteiger partial charge in [-0.2, -0.15) is 0 Å². The quantitative estimate of drug-likeness (QED) is 0.665. The molecule has 0 atom stereocenters. The van der Waals surface area contributed by atoms with E-state index < -0.39 is 0 Å². The molecule has 0 bridgehead atoms. The van der Waals surface area contributed by atoms with Crippen molar-refractivity contribution in [3.63, 3.8) is 0 Å². The van der Waals surface area contributed by atoms with Gasteiger partial charge in [0.2, 0.25) is 0 Å². The lowest BCUT2D eigenvalue weighted by atomic mass is 10.2. The summed E-state index contributed by atoms with van der Waals surface area (Å²) in [6, 6.07) is 19.0. The molecule has 0 saturated heterocycles. The normalized spacial score (nSPS) is 10.2. The van der Waals surface area contributed by atoms with Crippen molar-refractivity contribution < 1.29 is 0 Å². The molecule has 0 fully saturated rings. The minimum absolute atomic E-state index is 0.865. The Balaban J connectivity index is 1.76. The zero-order valence-electron chi connectivity index (χ0n) is 12.2. The Morgan fingerprint density at radius 3 is 2.05 bits per heavy atom. The van der Waals surface area contributed by atoms with Crippen molar-refractivity contribution in [3.05, 3.63) is 60.2 Å². The molecular weight excluding hydrogens is 244 g/mol. The molecule has 0 spiro atoms. The first kappa shape index (κ1) is 14.4. The largest absolute Gasteiger partial charge is 0.385 e. The summed E-state index contributed by atoms with van der Waals surface area (Å²) >= 11 is 0. The maximum atomic E-state index is 3.45. The Labute approximate surface area is 122 Å². The van der Waals surface area contributed by atoms with E-state index in [1.54, 1.807) is 0 Å². The van der Waals surface area contributed by atoms with Crippen molar-refractivity contribution in [2.24, 2.45) is 0 Å². The van der Waals surface area contributed by atoms with E-state index in [1.807, 2.05) is 6.07 Å². The van der Waals surface area contributed by atoms with Crippen molar-refractivity contribution >= 4 is 11.4 Å². The summed E-state index contributed by atoms with van der Waals surface area (Å²) in [5, 5.41) is 6.89. The van der Waals surface area contributed by atoms with Gasteiger partial charge in [-0.05, 0) is 36.2 Å². The van der Waals surface area contributed by atoms with E-state index in [0.29, 0.717) is 0 Å². The average Bonchev–Trinajstić information content (AvgIpc) is 2.52. The van der Waals surface area contributed by atoms with Gasteiger partial charge in [0.25, 0.3) is 0 Å². The summed E-state index contributed by atoms with van der Waals surface area (Å²) < 4.78 is 0. The van der Waals surface area contributed by atoms with Crippen molar-refractivity contribution in [2.45, 2.75) is 32.7 Å². The molecule has 0 radical (unpaired) electrons. The zero-order chi connectivity index (χ0) is 14.0. The highest BCUT2D eigenvalue weighted by Crippen LogP contribution is 2.14. The first-order chi connectivity index (χ1) is 9.88. The SMILES string of the molecule is CCCCCNc1ccc(NCc2ccccc2)cc1. The van der Waals surface area contributed by atoms with Gasteiger partial charge in [-0.1, -0.05) is 50.1 Å². The molecule has 2 N–H and O–H groups in total. The number of hydrogen-bond acceptors (Lipinski definition) is 2. The molecule has 20 heavy (non-hydrogen) atoms. The molecule has 0 aliphatic carbocycles. The van der Waals surface area contributed by atoms with Gasteiger partial charge in [0.05, 0.1) is 0 Å². The fraction of sp³-hybridized carbons (Fsp3) is 0.333. The van der Waals surface area contributed by atoms with Crippen LogP contribution in [0.15, 0.2) is 54.6 Å². The molecule has 2 rings (SSSR count). The Bertz CT molecular complexity index is 477. The third-order valence-corrected chi connectivity index (χ3v) is 3.33. The number of unbranched alkanes of at least 4 members (excludes halogenated alkanes) is 2. The lowest BCUT2D eigenvalue weighted by Gasteiger charge is -2.09. The molecule has 2 heteroatoms. The van der Waals surface area contributed by atoms with Gasteiger partial charge in [-0.15, -0.1) is 0 Å². The number of rotatable bonds is 8. The third-order valence-electron chi connectivity index (χ3n) is 3.33. The second-order valence-electron chi connectivity index (χ2n) is 5.05. The van der Waals surface area contributed by atoms with E-state index >= 15 is 0 Å². The molecule has 0 saturated carbocycles. The van der Waals surface area contributed by atoms with Crippen LogP contribution in [0.4, 0.5) is 11.4 Å². The Kier molecular flexibility index (Phi) is 5.97. The van der Waals surface area contributed by atoms with Gasteiger partial charge in [-0.25, -0.2) is 0 Å². The van der Waals surface area contributed by atoms with Crippen molar-refractivity contribution in [1.82, 2.24) is 0 Å². The Morgan fingerprint density at radius 1 is 0.750 bits per heavy atom. The van der Waals surface area contributed by atoms with E-state index in [-0.39, 0.29) is 0 Å². The monoisotopic (exact) mass is 268 g/mol. The van der Waals surface area contributed by atoms with E-state index in [0.717, 1.165) is 18.8 Å². The summed E-state index contributed by atoms with van der Waals surface area (Å²) in [5.74, 6) is 0. The predicted octanol–water partition coefficient (Wildman–Crippen LogP) is 4.90. The maximum Gasteiger partial charge on any atom is 0.0400 e. The van der Waals surface area contributed by atoms with E-state index in [9.17, 15) is 0 Å². The van der Waals surface area contributed by atoms with Crippen LogP contribution < -0.4 is 10.6 Å². The number of benzene rings is 2. The van der Waals surface area contributed by atoms with Crippen molar-refractivity contribution in [1.29, 1.82) is 0 Å². The minimum Gasteiger partial charge on any atom is -0.385 e. The molecule has 0 aliphatic rings. The lowest BCUT2D eigenvalue weighted by Crippen LogP contribution is -2.02. The van der Waals surface area contributed by atoms with Crippen LogP contribution in [0.2, 0.25) is 0 Å². The third kappa shape index (κ3) is 4.96. The molecule has 2 aromatic carbocycles. The van der Waals surface area contributed by atoms with Gasteiger partial charge in [0, 0.05) is 24.5 Å². The summed E-state index contributed by atoms with van der Waals surface area (Å²) in [7, 11) is 0. The predicted molar refractivity (Wildman–Crippen MR) is 88.2 cm³/mol. The number of hydrogen-bond donors (Lipinski definition) is 2. The average molecular weight is 268 g/mol. The van der Waals surface area contributed by atoms with Crippen LogP contribution in [-0.4, -0.2) is 6.54 Å². The van der Waals surface area contributed by atoms with Crippen LogP contribution in [0.25, 0.3) is 0 Å². The molecule has 106 valence electrons. The summed E-state index contributed by atoms with van der Waals surface area (Å²) in [6.45, 7) is 4.15. The first-order valence-electron chi connectivity index (χ1n) is 7.50. The lowest BCUT2D eigenvalue weighted by molar-refractivity contribution is 0.744. The molecular formula is C18H24N2. The van der Waals surface area contributed by atoms with Crippen LogP contribution in [0.3, 0.4) is 0 Å². The molecule has 0 unspecified atom stereocenters. The minimum atomic E-state index is 0.865. The number of nitrogens with one attached hydrogen (secondary N) is 2. The summed E-state index contributed by atoms with van der Waals surface area (Å²) in [6.07, 6.45) is 3.80. The molecule has 0 amide bonds. The van der Waals surface area contributed by atoms with Gasteiger partial charge < -0.3 is 10.6 Å². The van der Waals surface area contributed by atoms with E-state index in [1.165, 1.54) is 30.5 Å². The highest BCUT2D eigenvalue weighted by Gasteiger charge is 1.95. The van der Waals surface area contributed by atoms with E-state index in [4.69, 9.17) is 0 Å². The maximum absolute atomic E-state index is 3.45. The fourth-order valence-electron chi connectivity index (χ4n) is 2.11. The van der Waals surface area contributed by atoms with Crippen LogP contribution in [0, 0.1) is 0 Å². The first-order valence-corrected chi connectivity index (χ1v) is 7.50. The Morgan fingerprint density at radius 2 is 1.40 bits per heavy atom. The fourth-order valence-corrected chi connectivity index (χ4v) is 2.11. The van der Waals surface area contributed by atoms with Gasteiger partial charge in [0.15, 0.2) is 0 Å². The second-order valence-corrected chi connectivity index (χ2v) is 5.05. The van der Waals surface area contributed by atoms with Gasteiger partial charge in [-0.3, -0.25) is 0 Å². The molecule has 2 nitrogen and oxygen atoms in total. The van der Waals surface area contributed by atoms with Crippen molar-refractivity contribution in [2.75, 3.05) is 17.2 Å². The smallest absolute Gasteiger partial charge is 0.0400 e. The highest BCUT2D eigenvalue weighted by molar-refractivity contribution is 5.53.